The third-order valence-electron chi connectivity index (χ3n) is 7.42. The number of nitrogens with one attached hydrogen (secondary N) is 2. The van der Waals surface area contributed by atoms with Gasteiger partial charge >= 0.3 is 23.5 Å². The molecule has 0 aliphatic carbocycles. The second-order valence-electron chi connectivity index (χ2n) is 12.2. The lowest BCUT2D eigenvalue weighted by molar-refractivity contribution is -0.137. The molecule has 300 valence electrons. The highest BCUT2D eigenvalue weighted by Crippen LogP contribution is 2.61. The molecule has 2 aromatic heterocycles. The maximum Gasteiger partial charge on any atom is 0.481 e. The predicted molar refractivity (Wildman–Crippen MR) is 176 cm³/mol. The molecule has 11 N–H and O–H groups in total. The number of aliphatic hydroxyl groups is 3. The van der Waals surface area contributed by atoms with Crippen molar-refractivity contribution in [3.63, 3.8) is 0 Å². The summed E-state index contributed by atoms with van der Waals surface area (Å²) in [5.74, 6) is -1.69. The van der Waals surface area contributed by atoms with Crippen LogP contribution < -0.4 is 16.4 Å². The van der Waals surface area contributed by atoms with Crippen molar-refractivity contribution in [3.8, 4) is 0 Å². The molecule has 2 aromatic rings. The highest BCUT2D eigenvalue weighted by molar-refractivity contribution is 7.61. The molecule has 7 atom stereocenters. The van der Waals surface area contributed by atoms with Gasteiger partial charge in [-0.25, -0.2) is 28.6 Å². The molecule has 1 saturated heterocycles. The van der Waals surface area contributed by atoms with E-state index in [2.05, 4.69) is 34.4 Å². The first-order chi connectivity index (χ1) is 24.6. The monoisotopic (exact) mass is 821 g/mol. The van der Waals surface area contributed by atoms with Gasteiger partial charge in [-0.1, -0.05) is 13.8 Å². The molecule has 1 fully saturated rings. The van der Waals surface area contributed by atoms with E-state index in [-0.39, 0.29) is 61.7 Å². The lowest BCUT2D eigenvalue weighted by Crippen LogP contribution is -2.46. The second-order valence-corrected chi connectivity index (χ2v) is 16.4. The molecule has 0 radical (unpaired) electrons. The molecule has 3 heterocycles. The van der Waals surface area contributed by atoms with Crippen LogP contribution in [0.1, 0.15) is 45.8 Å². The van der Waals surface area contributed by atoms with Gasteiger partial charge in [-0.3, -0.25) is 32.5 Å². The van der Waals surface area contributed by atoms with Crippen LogP contribution in [-0.2, 0) is 50.7 Å². The maximum atomic E-state index is 12.6. The highest BCUT2D eigenvalue weighted by Gasteiger charge is 2.50. The van der Waals surface area contributed by atoms with Crippen molar-refractivity contribution < 1.29 is 85.6 Å². The number of carbonyl (C=O) groups is 3. The van der Waals surface area contributed by atoms with Gasteiger partial charge in [-0.15, -0.1) is 0 Å². The highest BCUT2D eigenvalue weighted by atomic mass is 31.3. The molecule has 53 heavy (non-hydrogen) atoms. The van der Waals surface area contributed by atoms with Gasteiger partial charge < -0.3 is 56.0 Å². The Kier molecular flexibility index (Phi) is 15.7. The van der Waals surface area contributed by atoms with Crippen LogP contribution in [0.5, 0.6) is 0 Å². The van der Waals surface area contributed by atoms with Gasteiger partial charge in [0.1, 0.15) is 42.0 Å². The molecule has 1 aliphatic rings. The van der Waals surface area contributed by atoms with E-state index in [1.807, 2.05) is 0 Å². The van der Waals surface area contributed by atoms with E-state index in [9.17, 15) is 57.9 Å². The van der Waals surface area contributed by atoms with E-state index < -0.39 is 84.6 Å². The molecule has 0 aromatic carbocycles. The summed E-state index contributed by atoms with van der Waals surface area (Å²) in [5, 5.41) is 34.9. The number of Topliss-reactive ketones (excluding diaryl/α,β-unsaturated/α-hetero) is 1. The van der Waals surface area contributed by atoms with E-state index in [1.54, 1.807) is 0 Å². The summed E-state index contributed by atoms with van der Waals surface area (Å²) in [4.78, 5) is 86.8. The van der Waals surface area contributed by atoms with Crippen molar-refractivity contribution in [1.29, 1.82) is 0 Å². The standard InChI is InChI=1S/C25H42N7O18P3/c1-25(2,20(37)23(38)28-8-6-16(35)27-7-5-14(34)4-3-9-33)11-47-53(44,45)50-52(42,43)46-10-15-19(49-51(39,40)41)18(36)24(48-15)32-13-31-17-21(26)29-12-30-22(17)32/h12-13,15,18-20,24,33,36-37H,3-11H2,1-2H3,(H,27,35)(H,28,38)(H,42,43)(H,44,45)(H2,26,29,30)(H2,39,40,41)/t15-,18-,19-,20+,24-/m1/s1. The van der Waals surface area contributed by atoms with Crippen LogP contribution in [0.2, 0.25) is 0 Å². The number of carbonyl (C=O) groups excluding carboxylic acids is 3. The van der Waals surface area contributed by atoms with Gasteiger partial charge in [0.25, 0.3) is 0 Å². The Bertz CT molecular complexity index is 1740. The van der Waals surface area contributed by atoms with Crippen molar-refractivity contribution in [2.45, 2.75) is 70.2 Å². The first-order valence-electron chi connectivity index (χ1n) is 15.6. The minimum absolute atomic E-state index is 0.0260. The number of nitrogen functional groups attached to an aromatic ring is 1. The average molecular weight is 822 g/mol. The Morgan fingerprint density at radius 1 is 1.02 bits per heavy atom. The average Bonchev–Trinajstić information content (AvgIpc) is 3.61. The van der Waals surface area contributed by atoms with Crippen LogP contribution in [0.25, 0.3) is 11.2 Å². The number of hydrogen-bond acceptors (Lipinski definition) is 18. The lowest BCUT2D eigenvalue weighted by Gasteiger charge is -2.30. The van der Waals surface area contributed by atoms with E-state index in [0.717, 1.165) is 17.2 Å². The molecule has 0 saturated carbocycles. The van der Waals surface area contributed by atoms with Gasteiger partial charge in [-0.2, -0.15) is 4.31 Å². The summed E-state index contributed by atoms with van der Waals surface area (Å²) < 4.78 is 61.9. The topological polar surface area (TPSA) is 384 Å². The number of rotatable bonds is 22. The third-order valence-corrected chi connectivity index (χ3v) is 10.5. The van der Waals surface area contributed by atoms with Crippen LogP contribution in [0, 0.1) is 5.41 Å². The number of anilines is 1. The summed E-state index contributed by atoms with van der Waals surface area (Å²) in [6, 6.07) is 0. The predicted octanol–water partition coefficient (Wildman–Crippen LogP) is -1.86. The second kappa shape index (κ2) is 18.7. The number of fused-ring (bicyclic) bond motifs is 1. The SMILES string of the molecule is CC(C)(COP(=O)(O)OP(=O)(O)OC[C@H]1O[C@@H](n2cnc3c(N)ncnc32)[C@H](O)[C@@H]1OP(=O)(O)O)[C@@H](O)C(=O)NCCC(=O)NCCC(=O)CCCO. The fourth-order valence-corrected chi connectivity index (χ4v) is 7.51. The number of amides is 2. The number of ketones is 1. The summed E-state index contributed by atoms with van der Waals surface area (Å²) in [7, 11) is -16.4. The zero-order valence-electron chi connectivity index (χ0n) is 28.2. The van der Waals surface area contributed by atoms with E-state index >= 15 is 0 Å². The van der Waals surface area contributed by atoms with Gasteiger partial charge in [0, 0.05) is 44.4 Å². The van der Waals surface area contributed by atoms with Gasteiger partial charge in [0.15, 0.2) is 17.7 Å². The summed E-state index contributed by atoms with van der Waals surface area (Å²) >= 11 is 0. The molecule has 3 rings (SSSR count). The Labute approximate surface area is 300 Å². The number of phosphoric ester groups is 3. The van der Waals surface area contributed by atoms with Crippen molar-refractivity contribution in [3.05, 3.63) is 12.7 Å². The van der Waals surface area contributed by atoms with Crippen LogP contribution in [0.3, 0.4) is 0 Å². The minimum Gasteiger partial charge on any atom is -0.396 e. The Morgan fingerprint density at radius 3 is 2.34 bits per heavy atom. The number of phosphoric acid groups is 3. The normalized spacial score (nSPS) is 22.2. The van der Waals surface area contributed by atoms with Crippen LogP contribution in [-0.4, -0.2) is 129 Å². The first kappa shape index (κ1) is 44.6. The lowest BCUT2D eigenvalue weighted by atomic mass is 9.87. The summed E-state index contributed by atoms with van der Waals surface area (Å²) in [6.45, 7) is 0.128. The molecular weight excluding hydrogens is 779 g/mol. The maximum absolute atomic E-state index is 12.6. The van der Waals surface area contributed by atoms with Crippen molar-refractivity contribution >= 4 is 58.0 Å². The Morgan fingerprint density at radius 2 is 1.68 bits per heavy atom. The molecule has 25 nitrogen and oxygen atoms in total. The van der Waals surface area contributed by atoms with E-state index in [1.165, 1.54) is 13.8 Å². The molecule has 0 bridgehead atoms. The number of aliphatic hydroxyl groups excluding tert-OH is 3. The van der Waals surface area contributed by atoms with Crippen molar-refractivity contribution in [2.24, 2.45) is 5.41 Å². The number of aromatic nitrogens is 4. The number of hydrogen-bond donors (Lipinski definition) is 10. The fourth-order valence-electron chi connectivity index (χ4n) is 4.68. The van der Waals surface area contributed by atoms with Crippen LogP contribution >= 0.6 is 23.5 Å². The fraction of sp³-hybridized carbons (Fsp3) is 0.680. The zero-order valence-corrected chi connectivity index (χ0v) is 30.9. The summed E-state index contributed by atoms with van der Waals surface area (Å²) in [6.07, 6.45) is -6.45. The van der Waals surface area contributed by atoms with Crippen LogP contribution in [0.4, 0.5) is 5.82 Å². The number of imidazole rings is 1. The first-order valence-corrected chi connectivity index (χ1v) is 20.1. The van der Waals surface area contributed by atoms with Gasteiger partial charge in [0.2, 0.25) is 11.8 Å². The van der Waals surface area contributed by atoms with Gasteiger partial charge in [0.05, 0.1) is 19.5 Å². The molecule has 28 heteroatoms. The van der Waals surface area contributed by atoms with E-state index in [4.69, 9.17) is 24.6 Å². The van der Waals surface area contributed by atoms with E-state index in [0.29, 0.717) is 6.42 Å². The smallest absolute Gasteiger partial charge is 0.396 e. The summed E-state index contributed by atoms with van der Waals surface area (Å²) in [5.41, 5.74) is 4.23. The molecule has 0 spiro atoms. The molecule has 1 aliphatic heterocycles. The molecular formula is C25H42N7O18P3. The van der Waals surface area contributed by atoms with Gasteiger partial charge in [-0.05, 0) is 6.42 Å². The Balaban J connectivity index is 1.52. The van der Waals surface area contributed by atoms with Crippen molar-refractivity contribution in [2.75, 3.05) is 38.6 Å². The molecule has 2 unspecified atom stereocenters. The Hall–Kier alpha value is -2.83. The third kappa shape index (κ3) is 13.5. The van der Waals surface area contributed by atoms with Crippen molar-refractivity contribution in [1.82, 2.24) is 30.2 Å². The zero-order chi connectivity index (χ0) is 39.8. The number of nitrogens with zero attached hydrogens (tertiary/aromatic N) is 4. The quantitative estimate of drug-likeness (QED) is 0.0582. The number of nitrogens with two attached hydrogens (primary N) is 1. The largest absolute Gasteiger partial charge is 0.481 e. The van der Waals surface area contributed by atoms with Crippen LogP contribution in [0.15, 0.2) is 12.7 Å². The minimum atomic E-state index is -5.57. The number of ether oxygens (including phenoxy) is 1. The molecule has 2 amide bonds.